The van der Waals surface area contributed by atoms with Crippen molar-refractivity contribution in [2.75, 3.05) is 4.90 Å². The molecule has 72 valence electrons. The highest BCUT2D eigenvalue weighted by Crippen LogP contribution is 2.22. The maximum Gasteiger partial charge on any atom is 0.0457 e. The Bertz CT molecular complexity index is 349. The Morgan fingerprint density at radius 3 is 2.21 bits per heavy atom. The number of hydrogen-bond acceptors (Lipinski definition) is 1. The summed E-state index contributed by atoms with van der Waals surface area (Å²) in [5.41, 5.74) is 2.83. The van der Waals surface area contributed by atoms with Gasteiger partial charge in [-0.3, -0.25) is 0 Å². The van der Waals surface area contributed by atoms with Crippen molar-refractivity contribution in [2.45, 2.75) is 6.92 Å². The van der Waals surface area contributed by atoms with Crippen LogP contribution in [-0.2, 0) is 0 Å². The van der Waals surface area contributed by atoms with Gasteiger partial charge in [-0.2, -0.15) is 0 Å². The summed E-state index contributed by atoms with van der Waals surface area (Å²) in [6.45, 7) is 13.5. The lowest BCUT2D eigenvalue weighted by molar-refractivity contribution is 1.11. The van der Waals surface area contributed by atoms with Crippen LogP contribution in [0.3, 0.4) is 0 Å². The van der Waals surface area contributed by atoms with Crippen molar-refractivity contribution < 1.29 is 0 Å². The fourth-order valence-corrected chi connectivity index (χ4v) is 1.30. The van der Waals surface area contributed by atoms with E-state index in [9.17, 15) is 0 Å². The lowest BCUT2D eigenvalue weighted by Gasteiger charge is -2.24. The van der Waals surface area contributed by atoms with Gasteiger partial charge in [-0.15, -0.1) is 0 Å². The summed E-state index contributed by atoms with van der Waals surface area (Å²) in [7, 11) is 0. The SMILES string of the molecule is C=CC(=C)N(C(=C)C)c1ccccc1. The Labute approximate surface area is 85.7 Å². The molecule has 0 aliphatic rings. The molecule has 0 amide bonds. The van der Waals surface area contributed by atoms with Gasteiger partial charge in [-0.1, -0.05) is 37.9 Å². The molecule has 1 aromatic carbocycles. The number of benzene rings is 1. The topological polar surface area (TPSA) is 3.24 Å². The summed E-state index contributed by atoms with van der Waals surface area (Å²) >= 11 is 0. The predicted octanol–water partition coefficient (Wildman–Crippen LogP) is 3.73. The minimum Gasteiger partial charge on any atom is -0.316 e. The monoisotopic (exact) mass is 185 g/mol. The van der Waals surface area contributed by atoms with Crippen molar-refractivity contribution in [3.8, 4) is 0 Å². The molecule has 1 heteroatoms. The molecule has 0 saturated heterocycles. The van der Waals surface area contributed by atoms with E-state index in [4.69, 9.17) is 0 Å². The molecule has 0 N–H and O–H groups in total. The molecular weight excluding hydrogens is 170 g/mol. The van der Waals surface area contributed by atoms with Crippen LogP contribution in [0.4, 0.5) is 5.69 Å². The van der Waals surface area contributed by atoms with Crippen LogP contribution < -0.4 is 4.90 Å². The number of hydrogen-bond donors (Lipinski definition) is 0. The first-order valence-corrected chi connectivity index (χ1v) is 4.49. The highest BCUT2D eigenvalue weighted by molar-refractivity contribution is 5.58. The van der Waals surface area contributed by atoms with Gasteiger partial charge in [0.25, 0.3) is 0 Å². The molecular formula is C13H15N. The van der Waals surface area contributed by atoms with Crippen LogP contribution in [0.5, 0.6) is 0 Å². The van der Waals surface area contributed by atoms with Crippen LogP contribution >= 0.6 is 0 Å². The largest absolute Gasteiger partial charge is 0.316 e. The van der Waals surface area contributed by atoms with E-state index in [-0.39, 0.29) is 0 Å². The van der Waals surface area contributed by atoms with Crippen molar-refractivity contribution in [1.29, 1.82) is 0 Å². The Morgan fingerprint density at radius 1 is 1.21 bits per heavy atom. The zero-order valence-corrected chi connectivity index (χ0v) is 8.53. The van der Waals surface area contributed by atoms with Crippen LogP contribution in [0, 0.1) is 0 Å². The van der Waals surface area contributed by atoms with Gasteiger partial charge in [-0.05, 0) is 25.1 Å². The van der Waals surface area contributed by atoms with Crippen molar-refractivity contribution >= 4 is 5.69 Å². The van der Waals surface area contributed by atoms with Crippen molar-refractivity contribution in [2.24, 2.45) is 0 Å². The first kappa shape index (κ1) is 10.3. The van der Waals surface area contributed by atoms with Gasteiger partial charge < -0.3 is 4.90 Å². The van der Waals surface area contributed by atoms with E-state index in [0.29, 0.717) is 0 Å². The smallest absolute Gasteiger partial charge is 0.0457 e. The fourth-order valence-electron chi connectivity index (χ4n) is 1.30. The molecule has 14 heavy (non-hydrogen) atoms. The molecule has 0 radical (unpaired) electrons. The zero-order valence-electron chi connectivity index (χ0n) is 8.53. The Balaban J connectivity index is 3.07. The van der Waals surface area contributed by atoms with Crippen LogP contribution in [0.2, 0.25) is 0 Å². The van der Waals surface area contributed by atoms with Crippen LogP contribution in [0.1, 0.15) is 6.92 Å². The highest BCUT2D eigenvalue weighted by atomic mass is 15.1. The lowest BCUT2D eigenvalue weighted by Crippen LogP contribution is -2.17. The van der Waals surface area contributed by atoms with E-state index in [2.05, 4.69) is 19.7 Å². The predicted molar refractivity (Wildman–Crippen MR) is 63.1 cm³/mol. The first-order chi connectivity index (χ1) is 6.66. The van der Waals surface area contributed by atoms with Crippen molar-refractivity contribution in [3.05, 3.63) is 67.5 Å². The van der Waals surface area contributed by atoms with Crippen molar-refractivity contribution in [3.63, 3.8) is 0 Å². The molecule has 0 heterocycles. The summed E-state index contributed by atoms with van der Waals surface area (Å²) in [5, 5.41) is 0. The maximum atomic E-state index is 3.92. The molecule has 1 nitrogen and oxygen atoms in total. The first-order valence-electron chi connectivity index (χ1n) is 4.49. The normalized spacial score (nSPS) is 9.21. The van der Waals surface area contributed by atoms with Gasteiger partial charge in [0.15, 0.2) is 0 Å². The third-order valence-electron chi connectivity index (χ3n) is 1.92. The molecule has 0 bridgehead atoms. The lowest BCUT2D eigenvalue weighted by atomic mass is 10.2. The van der Waals surface area contributed by atoms with E-state index in [1.165, 1.54) is 0 Å². The van der Waals surface area contributed by atoms with Gasteiger partial charge in [0.1, 0.15) is 0 Å². The third kappa shape index (κ3) is 2.13. The van der Waals surface area contributed by atoms with E-state index in [1.54, 1.807) is 6.08 Å². The minimum atomic E-state index is 0.837. The second-order valence-corrected chi connectivity index (χ2v) is 3.10. The minimum absolute atomic E-state index is 0.837. The molecule has 0 fully saturated rings. The molecule has 0 aliphatic carbocycles. The second-order valence-electron chi connectivity index (χ2n) is 3.10. The van der Waals surface area contributed by atoms with E-state index in [0.717, 1.165) is 17.1 Å². The summed E-state index contributed by atoms with van der Waals surface area (Å²) in [4.78, 5) is 1.97. The molecule has 0 spiro atoms. The van der Waals surface area contributed by atoms with Crippen LogP contribution in [0.15, 0.2) is 67.5 Å². The number of nitrogens with zero attached hydrogens (tertiary/aromatic N) is 1. The van der Waals surface area contributed by atoms with Gasteiger partial charge in [0.05, 0.1) is 0 Å². The summed E-state index contributed by atoms with van der Waals surface area (Å²) in [6, 6.07) is 9.99. The Morgan fingerprint density at radius 2 is 1.79 bits per heavy atom. The van der Waals surface area contributed by atoms with Gasteiger partial charge in [0, 0.05) is 17.1 Å². The Hall–Kier alpha value is -1.76. The fraction of sp³-hybridized carbons (Fsp3) is 0.0769. The third-order valence-corrected chi connectivity index (χ3v) is 1.92. The quantitative estimate of drug-likeness (QED) is 0.646. The summed E-state index contributed by atoms with van der Waals surface area (Å²) in [6.07, 6.45) is 1.72. The molecule has 0 unspecified atom stereocenters. The van der Waals surface area contributed by atoms with E-state index < -0.39 is 0 Å². The standard InChI is InChI=1S/C13H15N/c1-5-12(4)14(11(2)3)13-9-7-6-8-10-13/h5-10H,1-2,4H2,3H3. The summed E-state index contributed by atoms with van der Waals surface area (Å²) in [5.74, 6) is 0. The number of allylic oxidation sites excluding steroid dienone is 2. The molecule has 1 aromatic rings. The average Bonchev–Trinajstić information content (AvgIpc) is 2.19. The zero-order chi connectivity index (χ0) is 10.6. The van der Waals surface area contributed by atoms with Crippen LogP contribution in [0.25, 0.3) is 0 Å². The van der Waals surface area contributed by atoms with Crippen LogP contribution in [-0.4, -0.2) is 0 Å². The highest BCUT2D eigenvalue weighted by Gasteiger charge is 2.07. The maximum absolute atomic E-state index is 3.92. The van der Waals surface area contributed by atoms with Gasteiger partial charge in [0.2, 0.25) is 0 Å². The van der Waals surface area contributed by atoms with Crippen molar-refractivity contribution in [1.82, 2.24) is 0 Å². The molecule has 0 saturated carbocycles. The van der Waals surface area contributed by atoms with Gasteiger partial charge >= 0.3 is 0 Å². The molecule has 0 atom stereocenters. The molecule has 1 rings (SSSR count). The number of anilines is 1. The number of para-hydroxylation sites is 1. The van der Waals surface area contributed by atoms with Gasteiger partial charge in [-0.25, -0.2) is 0 Å². The average molecular weight is 185 g/mol. The molecule has 0 aromatic heterocycles. The van der Waals surface area contributed by atoms with E-state index in [1.807, 2.05) is 42.2 Å². The Kier molecular flexibility index (Phi) is 3.29. The number of rotatable bonds is 4. The second kappa shape index (κ2) is 4.47. The summed E-state index contributed by atoms with van der Waals surface area (Å²) < 4.78 is 0. The molecule has 0 aliphatic heterocycles. The van der Waals surface area contributed by atoms with E-state index >= 15 is 0 Å².